The molecule has 0 N–H and O–H groups in total. The first kappa shape index (κ1) is 12.4. The highest BCUT2D eigenvalue weighted by molar-refractivity contribution is 7.80. The lowest BCUT2D eigenvalue weighted by atomic mass is 10.1. The zero-order valence-electron chi connectivity index (χ0n) is 9.82. The second-order valence-corrected chi connectivity index (χ2v) is 5.03. The number of benzene rings is 1. The molecule has 0 aromatic heterocycles. The van der Waals surface area contributed by atoms with E-state index in [0.717, 1.165) is 25.7 Å². The highest BCUT2D eigenvalue weighted by Gasteiger charge is 2.25. The number of amides is 1. The van der Waals surface area contributed by atoms with Crippen LogP contribution in [-0.2, 0) is 0 Å². The number of hydrogen-bond donors (Lipinski definition) is 1. The molecule has 1 aliphatic rings. The van der Waals surface area contributed by atoms with E-state index in [-0.39, 0.29) is 17.5 Å². The van der Waals surface area contributed by atoms with Crippen LogP contribution in [0.25, 0.3) is 0 Å². The van der Waals surface area contributed by atoms with Crippen molar-refractivity contribution in [1.82, 2.24) is 4.90 Å². The zero-order chi connectivity index (χ0) is 12.4. The van der Waals surface area contributed by atoms with Gasteiger partial charge in [0.2, 0.25) is 0 Å². The molecule has 1 aromatic carbocycles. The number of nitrogens with zero attached hydrogens (tertiary/aromatic N) is 1. The summed E-state index contributed by atoms with van der Waals surface area (Å²) >= 11 is 4.14. The molecule has 1 fully saturated rings. The van der Waals surface area contributed by atoms with Crippen molar-refractivity contribution < 1.29 is 9.18 Å². The maximum atomic E-state index is 13.6. The quantitative estimate of drug-likeness (QED) is 0.803. The van der Waals surface area contributed by atoms with Crippen molar-refractivity contribution >= 4 is 18.5 Å². The van der Waals surface area contributed by atoms with Gasteiger partial charge in [0.25, 0.3) is 5.91 Å². The van der Waals surface area contributed by atoms with Gasteiger partial charge in [-0.3, -0.25) is 4.79 Å². The van der Waals surface area contributed by atoms with E-state index < -0.39 is 5.82 Å². The van der Waals surface area contributed by atoms with Gasteiger partial charge in [-0.2, -0.15) is 0 Å². The fourth-order valence-electron chi connectivity index (χ4n) is 2.32. The second kappa shape index (κ2) is 5.08. The molecule has 4 heteroatoms. The third-order valence-corrected chi connectivity index (χ3v) is 3.65. The van der Waals surface area contributed by atoms with Gasteiger partial charge in [-0.15, -0.1) is 12.6 Å². The Hall–Kier alpha value is -1.03. The Balaban J connectivity index is 2.20. The van der Waals surface area contributed by atoms with Crippen LogP contribution in [0, 0.1) is 5.82 Å². The van der Waals surface area contributed by atoms with Gasteiger partial charge in [0.15, 0.2) is 0 Å². The minimum absolute atomic E-state index is 0.117. The fraction of sp³-hybridized carbons (Fsp3) is 0.462. The molecule has 92 valence electrons. The first-order chi connectivity index (χ1) is 8.09. The van der Waals surface area contributed by atoms with E-state index in [0.29, 0.717) is 4.90 Å². The lowest BCUT2D eigenvalue weighted by Crippen LogP contribution is -2.35. The van der Waals surface area contributed by atoms with Crippen LogP contribution < -0.4 is 0 Å². The van der Waals surface area contributed by atoms with Gasteiger partial charge in [0.05, 0.1) is 5.56 Å². The molecule has 0 spiro atoms. The van der Waals surface area contributed by atoms with E-state index in [1.807, 2.05) is 0 Å². The van der Waals surface area contributed by atoms with Crippen molar-refractivity contribution in [3.05, 3.63) is 29.6 Å². The zero-order valence-corrected chi connectivity index (χ0v) is 10.7. The third-order valence-electron chi connectivity index (χ3n) is 3.37. The Morgan fingerprint density at radius 1 is 1.41 bits per heavy atom. The molecule has 2 nitrogen and oxygen atoms in total. The predicted molar refractivity (Wildman–Crippen MR) is 68.0 cm³/mol. The first-order valence-electron chi connectivity index (χ1n) is 5.85. The minimum Gasteiger partial charge on any atom is -0.339 e. The Morgan fingerprint density at radius 2 is 2.06 bits per heavy atom. The van der Waals surface area contributed by atoms with Crippen molar-refractivity contribution in [2.24, 2.45) is 0 Å². The molecule has 1 aliphatic carbocycles. The Bertz CT molecular complexity index is 429. The summed E-state index contributed by atoms with van der Waals surface area (Å²) in [4.78, 5) is 14.4. The molecular weight excluding hydrogens is 237 g/mol. The van der Waals surface area contributed by atoms with E-state index in [4.69, 9.17) is 0 Å². The number of rotatable bonds is 2. The average Bonchev–Trinajstić information content (AvgIpc) is 2.84. The largest absolute Gasteiger partial charge is 0.339 e. The van der Waals surface area contributed by atoms with Crippen molar-refractivity contribution in [2.75, 3.05) is 7.05 Å². The van der Waals surface area contributed by atoms with Crippen molar-refractivity contribution in [1.29, 1.82) is 0 Å². The van der Waals surface area contributed by atoms with Gasteiger partial charge in [-0.25, -0.2) is 4.39 Å². The molecule has 0 unspecified atom stereocenters. The van der Waals surface area contributed by atoms with Crippen LogP contribution in [0.5, 0.6) is 0 Å². The van der Waals surface area contributed by atoms with Crippen molar-refractivity contribution in [3.8, 4) is 0 Å². The van der Waals surface area contributed by atoms with Crippen LogP contribution in [0.15, 0.2) is 23.1 Å². The van der Waals surface area contributed by atoms with Crippen LogP contribution in [-0.4, -0.2) is 23.9 Å². The molecular formula is C13H16FNOS. The number of halogens is 1. The SMILES string of the molecule is CN(C(=O)c1cc(S)ccc1F)C1CCCC1. The predicted octanol–water partition coefficient (Wildman–Crippen LogP) is 3.13. The highest BCUT2D eigenvalue weighted by Crippen LogP contribution is 2.24. The van der Waals surface area contributed by atoms with E-state index in [1.54, 1.807) is 18.0 Å². The molecule has 1 saturated carbocycles. The smallest absolute Gasteiger partial charge is 0.256 e. The summed E-state index contributed by atoms with van der Waals surface area (Å²) < 4.78 is 13.6. The monoisotopic (exact) mass is 253 g/mol. The number of hydrogen-bond acceptors (Lipinski definition) is 2. The molecule has 2 rings (SSSR count). The summed E-state index contributed by atoms with van der Waals surface area (Å²) in [5.41, 5.74) is 0.117. The lowest BCUT2D eigenvalue weighted by Gasteiger charge is -2.24. The normalized spacial score (nSPS) is 16.2. The van der Waals surface area contributed by atoms with Gasteiger partial charge < -0.3 is 4.90 Å². The van der Waals surface area contributed by atoms with E-state index in [1.165, 1.54) is 12.1 Å². The maximum Gasteiger partial charge on any atom is 0.256 e. The number of thiol groups is 1. The standard InChI is InChI=1S/C13H16FNOS/c1-15(9-4-2-3-5-9)13(16)11-8-10(17)6-7-12(11)14/h6-9,17H,2-5H2,1H3. The molecule has 17 heavy (non-hydrogen) atoms. The van der Waals surface area contributed by atoms with Crippen LogP contribution in [0.2, 0.25) is 0 Å². The maximum absolute atomic E-state index is 13.6. The molecule has 1 aromatic rings. The summed E-state index contributed by atoms with van der Waals surface area (Å²) in [6.45, 7) is 0. The summed E-state index contributed by atoms with van der Waals surface area (Å²) in [5, 5.41) is 0. The Morgan fingerprint density at radius 3 is 2.71 bits per heavy atom. The number of carbonyl (C=O) groups is 1. The first-order valence-corrected chi connectivity index (χ1v) is 6.30. The van der Waals surface area contributed by atoms with Gasteiger partial charge in [0, 0.05) is 18.0 Å². The summed E-state index contributed by atoms with van der Waals surface area (Å²) in [7, 11) is 1.75. The fourth-order valence-corrected chi connectivity index (χ4v) is 2.53. The summed E-state index contributed by atoms with van der Waals surface area (Å²) in [6.07, 6.45) is 4.34. The number of carbonyl (C=O) groups excluding carboxylic acids is 1. The van der Waals surface area contributed by atoms with Gasteiger partial charge in [-0.1, -0.05) is 12.8 Å². The molecule has 0 bridgehead atoms. The summed E-state index contributed by atoms with van der Waals surface area (Å²) in [6, 6.07) is 4.58. The van der Waals surface area contributed by atoms with E-state index in [9.17, 15) is 9.18 Å². The molecule has 0 heterocycles. The van der Waals surface area contributed by atoms with Crippen LogP contribution >= 0.6 is 12.6 Å². The lowest BCUT2D eigenvalue weighted by molar-refractivity contribution is 0.0730. The van der Waals surface area contributed by atoms with E-state index in [2.05, 4.69) is 12.6 Å². The molecule has 0 atom stereocenters. The van der Waals surface area contributed by atoms with Gasteiger partial charge >= 0.3 is 0 Å². The highest BCUT2D eigenvalue weighted by atomic mass is 32.1. The molecule has 0 saturated heterocycles. The van der Waals surface area contributed by atoms with Gasteiger partial charge in [-0.05, 0) is 31.0 Å². The Labute approximate surface area is 106 Å². The van der Waals surface area contributed by atoms with Gasteiger partial charge in [0.1, 0.15) is 5.82 Å². The minimum atomic E-state index is -0.474. The molecule has 1 amide bonds. The van der Waals surface area contributed by atoms with E-state index >= 15 is 0 Å². The molecule has 0 aliphatic heterocycles. The van der Waals surface area contributed by atoms with Crippen molar-refractivity contribution in [3.63, 3.8) is 0 Å². The summed E-state index contributed by atoms with van der Waals surface area (Å²) in [5.74, 6) is -0.719. The third kappa shape index (κ3) is 2.63. The topological polar surface area (TPSA) is 20.3 Å². The average molecular weight is 253 g/mol. The second-order valence-electron chi connectivity index (χ2n) is 4.52. The van der Waals surface area contributed by atoms with Crippen LogP contribution in [0.3, 0.4) is 0 Å². The molecule has 0 radical (unpaired) electrons. The Kier molecular flexibility index (Phi) is 3.72. The van der Waals surface area contributed by atoms with Crippen molar-refractivity contribution in [2.45, 2.75) is 36.6 Å². The van der Waals surface area contributed by atoms with Crippen LogP contribution in [0.4, 0.5) is 4.39 Å². The van der Waals surface area contributed by atoms with Crippen LogP contribution in [0.1, 0.15) is 36.0 Å².